The maximum Gasteiger partial charge on any atom is 0.165 e. The quantitative estimate of drug-likeness (QED) is 0.768. The zero-order valence-electron chi connectivity index (χ0n) is 13.7. The number of hydrogen-bond acceptors (Lipinski definition) is 5. The number of likely N-dealkylation sites (N-methyl/N-ethyl adjacent to an activating group) is 1. The summed E-state index contributed by atoms with van der Waals surface area (Å²) in [5.74, 6) is 1.54. The van der Waals surface area contributed by atoms with Crippen molar-refractivity contribution in [1.82, 2.24) is 4.90 Å². The summed E-state index contributed by atoms with van der Waals surface area (Å²) >= 11 is 0. The lowest BCUT2D eigenvalue weighted by Gasteiger charge is -2.21. The van der Waals surface area contributed by atoms with Crippen LogP contribution >= 0.6 is 0 Å². The van der Waals surface area contributed by atoms with Gasteiger partial charge in [0.15, 0.2) is 11.5 Å². The van der Waals surface area contributed by atoms with Crippen molar-refractivity contribution in [3.05, 3.63) is 35.4 Å². The number of ether oxygens (including phenoxy) is 2. The minimum Gasteiger partial charge on any atom is -0.493 e. The molecule has 1 aromatic carbocycles. The number of aliphatic hydroxyl groups is 2. The van der Waals surface area contributed by atoms with Gasteiger partial charge in [-0.3, -0.25) is 4.90 Å². The van der Waals surface area contributed by atoms with Crippen molar-refractivity contribution in [3.63, 3.8) is 0 Å². The Morgan fingerprint density at radius 3 is 2.91 bits per heavy atom. The van der Waals surface area contributed by atoms with Crippen molar-refractivity contribution >= 4 is 0 Å². The molecule has 2 aliphatic heterocycles. The van der Waals surface area contributed by atoms with E-state index in [-0.39, 0.29) is 6.10 Å². The summed E-state index contributed by atoms with van der Waals surface area (Å²) in [6.07, 6.45) is 4.45. The van der Waals surface area contributed by atoms with Crippen LogP contribution in [0.4, 0.5) is 0 Å². The molecule has 0 spiro atoms. The lowest BCUT2D eigenvalue weighted by atomic mass is 9.99. The molecule has 2 bridgehead atoms. The third-order valence-corrected chi connectivity index (χ3v) is 4.49. The molecule has 0 radical (unpaired) electrons. The molecular weight excluding hydrogens is 294 g/mol. The summed E-state index contributed by atoms with van der Waals surface area (Å²) in [6, 6.07) is 4.00. The van der Waals surface area contributed by atoms with Crippen LogP contribution in [0.2, 0.25) is 0 Å². The van der Waals surface area contributed by atoms with Crippen LogP contribution in [0.5, 0.6) is 11.5 Å². The monoisotopic (exact) mass is 319 g/mol. The van der Waals surface area contributed by atoms with Gasteiger partial charge in [-0.15, -0.1) is 0 Å². The summed E-state index contributed by atoms with van der Waals surface area (Å²) in [7, 11) is 3.65. The smallest absolute Gasteiger partial charge is 0.165 e. The molecule has 0 saturated heterocycles. The fraction of sp³-hybridized carbons (Fsp3) is 0.556. The minimum absolute atomic E-state index is 0.0457. The van der Waals surface area contributed by atoms with Gasteiger partial charge >= 0.3 is 0 Å². The molecule has 2 aliphatic rings. The van der Waals surface area contributed by atoms with Crippen molar-refractivity contribution in [2.24, 2.45) is 0 Å². The molecule has 2 heterocycles. The number of β-amino-alcohol motifs (C(OH)–C–C–N with tert-alkyl or cyclic N) is 1. The SMILES string of the molecule is COc1ccc2c3c1OC(C3)CC(O)C=CCC(O)CN(C)C2. The third-order valence-electron chi connectivity index (χ3n) is 4.49. The summed E-state index contributed by atoms with van der Waals surface area (Å²) in [5.41, 5.74) is 2.35. The first kappa shape index (κ1) is 16.3. The summed E-state index contributed by atoms with van der Waals surface area (Å²) < 4.78 is 11.5. The van der Waals surface area contributed by atoms with Gasteiger partial charge < -0.3 is 19.7 Å². The molecule has 2 N–H and O–H groups in total. The second-order valence-electron chi connectivity index (χ2n) is 6.50. The van der Waals surface area contributed by atoms with Crippen LogP contribution in [-0.2, 0) is 13.0 Å². The molecule has 5 heteroatoms. The average Bonchev–Trinajstić information content (AvgIpc) is 2.90. The molecule has 0 fully saturated rings. The van der Waals surface area contributed by atoms with E-state index in [4.69, 9.17) is 9.47 Å². The van der Waals surface area contributed by atoms with E-state index in [1.165, 1.54) is 5.56 Å². The lowest BCUT2D eigenvalue weighted by molar-refractivity contribution is 0.123. The number of hydrogen-bond donors (Lipinski definition) is 2. The first-order valence-corrected chi connectivity index (χ1v) is 8.13. The highest BCUT2D eigenvalue weighted by atomic mass is 16.5. The standard InChI is InChI=1S/C18H25NO4/c1-19-10-12-6-7-17(22-2)18-16(12)9-15(23-18)8-13(20)4-3-5-14(21)11-19/h3-4,6-7,13-15,20-21H,5,8-11H2,1-2H3. The van der Waals surface area contributed by atoms with Gasteiger partial charge in [-0.25, -0.2) is 0 Å². The molecule has 0 saturated carbocycles. The van der Waals surface area contributed by atoms with E-state index in [1.807, 2.05) is 19.2 Å². The highest BCUT2D eigenvalue weighted by Gasteiger charge is 2.30. The van der Waals surface area contributed by atoms with Gasteiger partial charge in [0.05, 0.1) is 19.3 Å². The van der Waals surface area contributed by atoms with E-state index >= 15 is 0 Å². The molecule has 0 aliphatic carbocycles. The Labute approximate surface area is 137 Å². The zero-order valence-corrected chi connectivity index (χ0v) is 13.7. The van der Waals surface area contributed by atoms with E-state index in [2.05, 4.69) is 11.0 Å². The molecule has 126 valence electrons. The van der Waals surface area contributed by atoms with Gasteiger partial charge in [-0.1, -0.05) is 18.2 Å². The number of fused-ring (bicyclic) bond motifs is 1. The lowest BCUT2D eigenvalue weighted by Crippen LogP contribution is -2.28. The third kappa shape index (κ3) is 3.68. The minimum atomic E-state index is -0.561. The summed E-state index contributed by atoms with van der Waals surface area (Å²) in [6.45, 7) is 1.34. The number of rotatable bonds is 1. The molecule has 0 amide bonds. The first-order valence-electron chi connectivity index (χ1n) is 8.13. The molecule has 3 unspecified atom stereocenters. The summed E-state index contributed by atoms with van der Waals surface area (Å²) in [5, 5.41) is 20.2. The Hall–Kier alpha value is -1.56. The maximum absolute atomic E-state index is 10.1. The largest absolute Gasteiger partial charge is 0.493 e. The van der Waals surface area contributed by atoms with E-state index in [0.717, 1.165) is 30.0 Å². The molecular formula is C18H25NO4. The Bertz CT molecular complexity index is 587. The van der Waals surface area contributed by atoms with Crippen LogP contribution in [0, 0.1) is 0 Å². The van der Waals surface area contributed by atoms with Crippen LogP contribution in [-0.4, -0.2) is 54.1 Å². The maximum atomic E-state index is 10.1. The highest BCUT2D eigenvalue weighted by Crippen LogP contribution is 2.41. The number of aliphatic hydroxyl groups excluding tert-OH is 2. The molecule has 23 heavy (non-hydrogen) atoms. The highest BCUT2D eigenvalue weighted by molar-refractivity contribution is 5.53. The zero-order chi connectivity index (χ0) is 16.4. The Balaban J connectivity index is 1.93. The van der Waals surface area contributed by atoms with Gasteiger partial charge in [0.2, 0.25) is 0 Å². The second-order valence-corrected chi connectivity index (χ2v) is 6.50. The Kier molecular flexibility index (Phi) is 4.90. The van der Waals surface area contributed by atoms with Crippen molar-refractivity contribution in [2.45, 2.75) is 44.1 Å². The van der Waals surface area contributed by atoms with Crippen molar-refractivity contribution in [1.29, 1.82) is 0 Å². The molecule has 1 aromatic rings. The van der Waals surface area contributed by atoms with Crippen LogP contribution in [0.25, 0.3) is 0 Å². The number of benzene rings is 1. The first-order chi connectivity index (χ1) is 11.1. The Morgan fingerprint density at radius 2 is 2.13 bits per heavy atom. The van der Waals surface area contributed by atoms with E-state index in [0.29, 0.717) is 19.4 Å². The predicted octanol–water partition coefficient (Wildman–Crippen LogP) is 1.50. The van der Waals surface area contributed by atoms with Gasteiger partial charge in [0, 0.05) is 31.5 Å². The van der Waals surface area contributed by atoms with Crippen molar-refractivity contribution in [3.8, 4) is 11.5 Å². The fourth-order valence-electron chi connectivity index (χ4n) is 3.41. The molecule has 5 nitrogen and oxygen atoms in total. The van der Waals surface area contributed by atoms with E-state index < -0.39 is 12.2 Å². The average molecular weight is 319 g/mol. The van der Waals surface area contributed by atoms with Crippen LogP contribution in [0.15, 0.2) is 24.3 Å². The summed E-state index contributed by atoms with van der Waals surface area (Å²) in [4.78, 5) is 2.11. The Morgan fingerprint density at radius 1 is 1.30 bits per heavy atom. The topological polar surface area (TPSA) is 62.2 Å². The van der Waals surface area contributed by atoms with E-state index in [1.54, 1.807) is 13.2 Å². The van der Waals surface area contributed by atoms with Crippen LogP contribution in [0.1, 0.15) is 24.0 Å². The molecule has 3 atom stereocenters. The van der Waals surface area contributed by atoms with Gasteiger partial charge in [0.25, 0.3) is 0 Å². The fourth-order valence-corrected chi connectivity index (χ4v) is 3.41. The normalized spacial score (nSPS) is 28.4. The second kappa shape index (κ2) is 6.91. The van der Waals surface area contributed by atoms with E-state index in [9.17, 15) is 10.2 Å². The van der Waals surface area contributed by atoms with Crippen LogP contribution in [0.3, 0.4) is 0 Å². The van der Waals surface area contributed by atoms with Crippen molar-refractivity contribution < 1.29 is 19.7 Å². The van der Waals surface area contributed by atoms with Gasteiger partial charge in [0.1, 0.15) is 6.10 Å². The van der Waals surface area contributed by atoms with Crippen molar-refractivity contribution in [2.75, 3.05) is 20.7 Å². The van der Waals surface area contributed by atoms with Gasteiger partial charge in [-0.2, -0.15) is 0 Å². The van der Waals surface area contributed by atoms with Gasteiger partial charge in [-0.05, 0) is 25.1 Å². The van der Waals surface area contributed by atoms with Crippen LogP contribution < -0.4 is 9.47 Å². The molecule has 0 aromatic heterocycles. The predicted molar refractivity (Wildman–Crippen MR) is 87.8 cm³/mol. The number of nitrogens with zero attached hydrogens (tertiary/aromatic N) is 1. The number of methoxy groups -OCH3 is 1. The molecule has 3 rings (SSSR count).